The minimum absolute atomic E-state index is 0.289. The number of halogens is 1. The summed E-state index contributed by atoms with van der Waals surface area (Å²) in [6.07, 6.45) is -0.576. The van der Waals surface area contributed by atoms with Crippen LogP contribution in [0, 0.1) is 0 Å². The van der Waals surface area contributed by atoms with Gasteiger partial charge in [0.25, 0.3) is 0 Å². The molecule has 2 rings (SSSR count). The van der Waals surface area contributed by atoms with Crippen molar-refractivity contribution in [1.82, 2.24) is 0 Å². The normalized spacial score (nSPS) is 19.5. The molecule has 0 aliphatic carbocycles. The van der Waals surface area contributed by atoms with Gasteiger partial charge >= 0.3 is 5.97 Å². The molecule has 5 heteroatoms. The van der Waals surface area contributed by atoms with Gasteiger partial charge in [-0.05, 0) is 17.7 Å². The van der Waals surface area contributed by atoms with Crippen LogP contribution >= 0.6 is 11.6 Å². The summed E-state index contributed by atoms with van der Waals surface area (Å²) in [5.41, 5.74) is 1.47. The number of nitrogens with zero attached hydrogens (tertiary/aromatic N) is 1. The average Bonchev–Trinajstić information content (AvgIpc) is 2.68. The van der Waals surface area contributed by atoms with Gasteiger partial charge < -0.3 is 9.94 Å². The number of oxime groups is 1. The Kier molecular flexibility index (Phi) is 2.60. The fraction of sp³-hybridized carbons (Fsp3) is 0.200. The lowest BCUT2D eigenvalue weighted by atomic mass is 10.1. The molecule has 0 saturated heterocycles. The Balaban J connectivity index is 2.14. The number of carboxylic acid groups (broad SMARTS) is 1. The highest BCUT2D eigenvalue weighted by atomic mass is 35.5. The van der Waals surface area contributed by atoms with Crippen LogP contribution in [0.3, 0.4) is 0 Å². The fourth-order valence-corrected chi connectivity index (χ4v) is 1.45. The number of benzene rings is 1. The molecular formula is C10H8ClNO3. The zero-order valence-electron chi connectivity index (χ0n) is 7.68. The number of rotatable bonds is 2. The van der Waals surface area contributed by atoms with Crippen molar-refractivity contribution in [2.75, 3.05) is 0 Å². The van der Waals surface area contributed by atoms with E-state index < -0.39 is 12.1 Å². The fourth-order valence-electron chi connectivity index (χ4n) is 1.32. The summed E-state index contributed by atoms with van der Waals surface area (Å²) in [4.78, 5) is 15.4. The van der Waals surface area contributed by atoms with Crippen LogP contribution in [0.25, 0.3) is 0 Å². The van der Waals surface area contributed by atoms with E-state index in [0.29, 0.717) is 10.7 Å². The van der Waals surface area contributed by atoms with E-state index in [4.69, 9.17) is 21.5 Å². The van der Waals surface area contributed by atoms with Crippen LogP contribution in [0.5, 0.6) is 0 Å². The summed E-state index contributed by atoms with van der Waals surface area (Å²) < 4.78 is 0. The summed E-state index contributed by atoms with van der Waals surface area (Å²) in [5, 5.41) is 13.1. The molecule has 0 spiro atoms. The van der Waals surface area contributed by atoms with Crippen LogP contribution in [0.4, 0.5) is 0 Å². The zero-order chi connectivity index (χ0) is 10.8. The quantitative estimate of drug-likeness (QED) is 0.837. The summed E-state index contributed by atoms with van der Waals surface area (Å²) in [6, 6.07) is 7.03. The molecule has 0 unspecified atom stereocenters. The smallest absolute Gasteiger partial charge is 0.348 e. The molecule has 1 aliphatic rings. The molecule has 1 aliphatic heterocycles. The van der Waals surface area contributed by atoms with Crippen LogP contribution in [-0.2, 0) is 9.63 Å². The number of hydrogen-bond donors (Lipinski definition) is 1. The molecule has 0 amide bonds. The van der Waals surface area contributed by atoms with E-state index in [1.54, 1.807) is 24.3 Å². The van der Waals surface area contributed by atoms with Gasteiger partial charge in [0.2, 0.25) is 6.10 Å². The van der Waals surface area contributed by atoms with Gasteiger partial charge in [0.15, 0.2) is 0 Å². The Hall–Kier alpha value is -1.55. The second-order valence-electron chi connectivity index (χ2n) is 3.18. The Morgan fingerprint density at radius 2 is 2.13 bits per heavy atom. The maximum Gasteiger partial charge on any atom is 0.348 e. The molecule has 0 aromatic heterocycles. The van der Waals surface area contributed by atoms with E-state index in [0.717, 1.165) is 5.56 Å². The lowest BCUT2D eigenvalue weighted by Gasteiger charge is -2.00. The Morgan fingerprint density at radius 3 is 2.67 bits per heavy atom. The zero-order valence-corrected chi connectivity index (χ0v) is 8.44. The second kappa shape index (κ2) is 3.90. The van der Waals surface area contributed by atoms with Gasteiger partial charge in [-0.1, -0.05) is 28.9 Å². The van der Waals surface area contributed by atoms with E-state index in [1.807, 2.05) is 0 Å². The first-order valence-corrected chi connectivity index (χ1v) is 4.76. The van der Waals surface area contributed by atoms with Crippen molar-refractivity contribution in [2.45, 2.75) is 12.5 Å². The minimum Gasteiger partial charge on any atom is -0.478 e. The maximum atomic E-state index is 10.6. The molecule has 1 aromatic carbocycles. The van der Waals surface area contributed by atoms with Gasteiger partial charge in [0, 0.05) is 11.4 Å². The highest BCUT2D eigenvalue weighted by Gasteiger charge is 2.28. The number of hydrogen-bond acceptors (Lipinski definition) is 3. The van der Waals surface area contributed by atoms with E-state index in [1.165, 1.54) is 0 Å². The molecule has 0 fully saturated rings. The molecule has 0 saturated carbocycles. The largest absolute Gasteiger partial charge is 0.478 e. The first-order valence-electron chi connectivity index (χ1n) is 4.38. The molecular weight excluding hydrogens is 218 g/mol. The summed E-state index contributed by atoms with van der Waals surface area (Å²) in [5.74, 6) is -0.997. The topological polar surface area (TPSA) is 58.9 Å². The van der Waals surface area contributed by atoms with Crippen LogP contribution in [-0.4, -0.2) is 22.9 Å². The van der Waals surface area contributed by atoms with Crippen molar-refractivity contribution in [3.8, 4) is 0 Å². The van der Waals surface area contributed by atoms with Crippen LogP contribution < -0.4 is 0 Å². The van der Waals surface area contributed by atoms with Gasteiger partial charge in [-0.3, -0.25) is 0 Å². The summed E-state index contributed by atoms with van der Waals surface area (Å²) in [6.45, 7) is 0. The second-order valence-corrected chi connectivity index (χ2v) is 3.62. The molecule has 4 nitrogen and oxygen atoms in total. The van der Waals surface area contributed by atoms with Crippen LogP contribution in [0.1, 0.15) is 12.0 Å². The predicted octanol–water partition coefficient (Wildman–Crippen LogP) is 1.92. The SMILES string of the molecule is O=C(O)[C@@H]1CC(c2ccc(Cl)cc2)=NO1. The van der Waals surface area contributed by atoms with Gasteiger partial charge in [0.1, 0.15) is 0 Å². The van der Waals surface area contributed by atoms with Crippen molar-refractivity contribution >= 4 is 23.3 Å². The first kappa shape index (κ1) is 9.98. The molecule has 0 bridgehead atoms. The maximum absolute atomic E-state index is 10.6. The highest BCUT2D eigenvalue weighted by Crippen LogP contribution is 2.18. The average molecular weight is 226 g/mol. The van der Waals surface area contributed by atoms with Gasteiger partial charge in [-0.2, -0.15) is 0 Å². The van der Waals surface area contributed by atoms with Crippen molar-refractivity contribution in [1.29, 1.82) is 0 Å². The third-order valence-corrected chi connectivity index (χ3v) is 2.37. The Labute approximate surface area is 91.1 Å². The van der Waals surface area contributed by atoms with Crippen molar-refractivity contribution in [3.05, 3.63) is 34.9 Å². The van der Waals surface area contributed by atoms with Gasteiger partial charge in [-0.15, -0.1) is 0 Å². The minimum atomic E-state index is -0.997. The molecule has 1 N–H and O–H groups in total. The Morgan fingerprint density at radius 1 is 1.47 bits per heavy atom. The standard InChI is InChI=1S/C10H8ClNO3/c11-7-3-1-6(2-4-7)8-5-9(10(13)14)15-12-8/h1-4,9H,5H2,(H,13,14)/t9-/m0/s1. The predicted molar refractivity (Wildman–Crippen MR) is 55.1 cm³/mol. The molecule has 1 atom stereocenters. The molecule has 0 radical (unpaired) electrons. The molecule has 1 heterocycles. The van der Waals surface area contributed by atoms with E-state index in [-0.39, 0.29) is 6.42 Å². The summed E-state index contributed by atoms with van der Waals surface area (Å²) >= 11 is 5.73. The van der Waals surface area contributed by atoms with E-state index in [2.05, 4.69) is 5.16 Å². The number of carboxylic acids is 1. The molecule has 1 aromatic rings. The third-order valence-electron chi connectivity index (χ3n) is 2.12. The first-order chi connectivity index (χ1) is 7.16. The molecule has 15 heavy (non-hydrogen) atoms. The van der Waals surface area contributed by atoms with Crippen LogP contribution in [0.2, 0.25) is 5.02 Å². The van der Waals surface area contributed by atoms with Crippen molar-refractivity contribution in [2.24, 2.45) is 5.16 Å². The van der Waals surface area contributed by atoms with E-state index in [9.17, 15) is 4.79 Å². The lowest BCUT2D eigenvalue weighted by molar-refractivity contribution is -0.148. The highest BCUT2D eigenvalue weighted by molar-refractivity contribution is 6.30. The van der Waals surface area contributed by atoms with E-state index >= 15 is 0 Å². The lowest BCUT2D eigenvalue weighted by Crippen LogP contribution is -2.19. The molecule has 78 valence electrons. The summed E-state index contributed by atoms with van der Waals surface area (Å²) in [7, 11) is 0. The van der Waals surface area contributed by atoms with Gasteiger partial charge in [-0.25, -0.2) is 4.79 Å². The van der Waals surface area contributed by atoms with Crippen LogP contribution in [0.15, 0.2) is 29.4 Å². The monoisotopic (exact) mass is 225 g/mol. The number of aliphatic carboxylic acids is 1. The van der Waals surface area contributed by atoms with Crippen molar-refractivity contribution in [3.63, 3.8) is 0 Å². The number of carbonyl (C=O) groups is 1. The Bertz CT molecular complexity index is 413. The van der Waals surface area contributed by atoms with Crippen molar-refractivity contribution < 1.29 is 14.7 Å². The van der Waals surface area contributed by atoms with Gasteiger partial charge in [0.05, 0.1) is 5.71 Å². The third kappa shape index (κ3) is 2.10.